The second kappa shape index (κ2) is 8.32. The number of benzene rings is 1. The van der Waals surface area contributed by atoms with E-state index in [-0.39, 0.29) is 23.2 Å². The molecule has 0 saturated heterocycles. The zero-order valence-corrected chi connectivity index (χ0v) is 13.2. The van der Waals surface area contributed by atoms with E-state index in [0.717, 1.165) is 18.4 Å². The minimum absolute atomic E-state index is 0.0723. The van der Waals surface area contributed by atoms with E-state index in [2.05, 4.69) is 17.9 Å². The summed E-state index contributed by atoms with van der Waals surface area (Å²) >= 11 is 4.38. The van der Waals surface area contributed by atoms with Crippen molar-refractivity contribution < 1.29 is 9.90 Å². The molecule has 0 fully saturated rings. The van der Waals surface area contributed by atoms with Gasteiger partial charge in [0.2, 0.25) is 5.91 Å². The van der Waals surface area contributed by atoms with E-state index in [0.29, 0.717) is 13.0 Å². The van der Waals surface area contributed by atoms with Crippen molar-refractivity contribution in [2.45, 2.75) is 38.4 Å². The van der Waals surface area contributed by atoms with E-state index in [1.165, 1.54) is 0 Å². The molecular formula is C16H25NO2S. The van der Waals surface area contributed by atoms with Crippen molar-refractivity contribution in [1.82, 2.24) is 5.32 Å². The molecule has 0 heterocycles. The SMILES string of the molecule is CCC(CC)(CO)CNC(=O)C(S)Cc1ccccc1. The highest BCUT2D eigenvalue weighted by atomic mass is 32.1. The fraction of sp³-hybridized carbons (Fsp3) is 0.562. The Morgan fingerprint density at radius 1 is 1.30 bits per heavy atom. The predicted molar refractivity (Wildman–Crippen MR) is 86.0 cm³/mol. The lowest BCUT2D eigenvalue weighted by molar-refractivity contribution is -0.121. The summed E-state index contributed by atoms with van der Waals surface area (Å²) in [6, 6.07) is 9.85. The number of amides is 1. The molecule has 0 aliphatic rings. The average molecular weight is 295 g/mol. The molecule has 0 bridgehead atoms. The molecule has 1 amide bonds. The quantitative estimate of drug-likeness (QED) is 0.645. The lowest BCUT2D eigenvalue weighted by atomic mass is 9.83. The van der Waals surface area contributed by atoms with E-state index in [9.17, 15) is 9.90 Å². The normalized spacial score (nSPS) is 13.0. The molecule has 1 aromatic rings. The summed E-state index contributed by atoms with van der Waals surface area (Å²) in [5, 5.41) is 12.1. The van der Waals surface area contributed by atoms with E-state index in [1.54, 1.807) is 0 Å². The Bertz CT molecular complexity index is 396. The molecular weight excluding hydrogens is 270 g/mol. The Labute approximate surface area is 127 Å². The maximum absolute atomic E-state index is 12.1. The van der Waals surface area contributed by atoms with Crippen LogP contribution in [0.1, 0.15) is 32.3 Å². The highest BCUT2D eigenvalue weighted by Gasteiger charge is 2.26. The second-order valence-corrected chi connectivity index (χ2v) is 5.91. The maximum Gasteiger partial charge on any atom is 0.233 e. The first-order chi connectivity index (χ1) is 9.56. The molecule has 0 aliphatic carbocycles. The second-order valence-electron chi connectivity index (χ2n) is 5.29. The lowest BCUT2D eigenvalue weighted by Gasteiger charge is -2.30. The van der Waals surface area contributed by atoms with Gasteiger partial charge in [0, 0.05) is 12.0 Å². The smallest absolute Gasteiger partial charge is 0.233 e. The summed E-state index contributed by atoms with van der Waals surface area (Å²) in [4.78, 5) is 12.1. The molecule has 1 rings (SSSR count). The topological polar surface area (TPSA) is 49.3 Å². The largest absolute Gasteiger partial charge is 0.396 e. The van der Waals surface area contributed by atoms with Gasteiger partial charge in [-0.1, -0.05) is 44.2 Å². The Morgan fingerprint density at radius 2 is 1.90 bits per heavy atom. The zero-order chi connectivity index (χ0) is 15.0. The van der Waals surface area contributed by atoms with Crippen LogP contribution in [0, 0.1) is 5.41 Å². The monoisotopic (exact) mass is 295 g/mol. The highest BCUT2D eigenvalue weighted by Crippen LogP contribution is 2.24. The molecule has 0 spiro atoms. The minimum Gasteiger partial charge on any atom is -0.396 e. The van der Waals surface area contributed by atoms with Crippen LogP contribution in [0.2, 0.25) is 0 Å². The van der Waals surface area contributed by atoms with Crippen molar-refractivity contribution in [3.05, 3.63) is 35.9 Å². The third-order valence-corrected chi connectivity index (χ3v) is 4.46. The Kier molecular flexibility index (Phi) is 7.10. The van der Waals surface area contributed by atoms with Gasteiger partial charge in [0.1, 0.15) is 0 Å². The summed E-state index contributed by atoms with van der Waals surface area (Å²) in [6.45, 7) is 4.67. The van der Waals surface area contributed by atoms with Gasteiger partial charge in [0.05, 0.1) is 11.9 Å². The fourth-order valence-electron chi connectivity index (χ4n) is 2.10. The number of carbonyl (C=O) groups excluding carboxylic acids is 1. The van der Waals surface area contributed by atoms with Crippen LogP contribution in [0.15, 0.2) is 30.3 Å². The molecule has 3 nitrogen and oxygen atoms in total. The maximum atomic E-state index is 12.1. The molecule has 2 N–H and O–H groups in total. The third-order valence-electron chi connectivity index (χ3n) is 4.05. The van der Waals surface area contributed by atoms with Crippen molar-refractivity contribution in [3.8, 4) is 0 Å². The van der Waals surface area contributed by atoms with Gasteiger partial charge in [-0.3, -0.25) is 4.79 Å². The first kappa shape index (κ1) is 17.1. The first-order valence-corrected chi connectivity index (χ1v) is 7.69. The number of aliphatic hydroxyl groups is 1. The summed E-state index contributed by atoms with van der Waals surface area (Å²) in [7, 11) is 0. The fourth-order valence-corrected chi connectivity index (χ4v) is 2.40. The van der Waals surface area contributed by atoms with Crippen molar-refractivity contribution in [1.29, 1.82) is 0 Å². The highest BCUT2D eigenvalue weighted by molar-refractivity contribution is 7.81. The number of aliphatic hydroxyl groups excluding tert-OH is 1. The number of hydrogen-bond acceptors (Lipinski definition) is 3. The van der Waals surface area contributed by atoms with E-state index in [1.807, 2.05) is 44.2 Å². The van der Waals surface area contributed by atoms with Crippen LogP contribution in [0.3, 0.4) is 0 Å². The third kappa shape index (κ3) is 4.84. The summed E-state index contributed by atoms with van der Waals surface area (Å²) < 4.78 is 0. The van der Waals surface area contributed by atoms with Gasteiger partial charge in [0.25, 0.3) is 0 Å². The first-order valence-electron chi connectivity index (χ1n) is 7.17. The van der Waals surface area contributed by atoms with Crippen LogP contribution < -0.4 is 5.32 Å². The summed E-state index contributed by atoms with van der Waals surface area (Å²) in [5.41, 5.74) is 0.887. The van der Waals surface area contributed by atoms with Crippen molar-refractivity contribution in [2.75, 3.05) is 13.2 Å². The van der Waals surface area contributed by atoms with Gasteiger partial charge >= 0.3 is 0 Å². The van der Waals surface area contributed by atoms with Crippen LogP contribution in [0.25, 0.3) is 0 Å². The molecule has 4 heteroatoms. The van der Waals surface area contributed by atoms with Gasteiger partial charge in [-0.15, -0.1) is 0 Å². The van der Waals surface area contributed by atoms with Crippen molar-refractivity contribution >= 4 is 18.5 Å². The van der Waals surface area contributed by atoms with Crippen LogP contribution in [-0.4, -0.2) is 29.4 Å². The number of nitrogens with one attached hydrogen (secondary N) is 1. The van der Waals surface area contributed by atoms with Crippen molar-refractivity contribution in [3.63, 3.8) is 0 Å². The average Bonchev–Trinajstić information content (AvgIpc) is 2.50. The number of hydrogen-bond donors (Lipinski definition) is 3. The molecule has 1 atom stereocenters. The Balaban J connectivity index is 2.50. The van der Waals surface area contributed by atoms with Crippen LogP contribution >= 0.6 is 12.6 Å². The molecule has 0 aromatic heterocycles. The Hall–Kier alpha value is -1.00. The van der Waals surface area contributed by atoms with Gasteiger partial charge in [-0.25, -0.2) is 0 Å². The number of rotatable bonds is 8. The van der Waals surface area contributed by atoms with Crippen molar-refractivity contribution in [2.24, 2.45) is 5.41 Å². The number of thiol groups is 1. The van der Waals surface area contributed by atoms with Gasteiger partial charge in [0.15, 0.2) is 0 Å². The molecule has 20 heavy (non-hydrogen) atoms. The molecule has 1 aromatic carbocycles. The van der Waals surface area contributed by atoms with Gasteiger partial charge in [-0.05, 0) is 24.8 Å². The minimum atomic E-state index is -0.359. The zero-order valence-electron chi connectivity index (χ0n) is 12.3. The van der Waals surface area contributed by atoms with E-state index >= 15 is 0 Å². The van der Waals surface area contributed by atoms with Gasteiger partial charge in [-0.2, -0.15) is 12.6 Å². The summed E-state index contributed by atoms with van der Waals surface area (Å²) in [5.74, 6) is -0.0723. The Morgan fingerprint density at radius 3 is 2.40 bits per heavy atom. The van der Waals surface area contributed by atoms with Crippen LogP contribution in [0.4, 0.5) is 0 Å². The van der Waals surface area contributed by atoms with E-state index < -0.39 is 0 Å². The standard InChI is InChI=1S/C16H25NO2S/c1-3-16(4-2,12-18)11-17-15(19)14(20)10-13-8-6-5-7-9-13/h5-9,14,18,20H,3-4,10-12H2,1-2H3,(H,17,19). The molecule has 0 radical (unpaired) electrons. The van der Waals surface area contributed by atoms with E-state index in [4.69, 9.17) is 0 Å². The predicted octanol–water partition coefficient (Wildman–Crippen LogP) is 2.44. The van der Waals surface area contributed by atoms with Crippen LogP contribution in [0.5, 0.6) is 0 Å². The van der Waals surface area contributed by atoms with Crippen LogP contribution in [-0.2, 0) is 11.2 Å². The molecule has 0 saturated carbocycles. The summed E-state index contributed by atoms with van der Waals surface area (Å²) in [6.07, 6.45) is 2.30. The lowest BCUT2D eigenvalue weighted by Crippen LogP contribution is -2.42. The number of carbonyl (C=O) groups is 1. The molecule has 112 valence electrons. The molecule has 1 unspecified atom stereocenters. The van der Waals surface area contributed by atoms with Gasteiger partial charge < -0.3 is 10.4 Å². The molecule has 0 aliphatic heterocycles.